The summed E-state index contributed by atoms with van der Waals surface area (Å²) in [6.07, 6.45) is 0. The highest BCUT2D eigenvalue weighted by atomic mass is 32.2. The summed E-state index contributed by atoms with van der Waals surface area (Å²) in [6.45, 7) is 1.18. The molecule has 0 saturated heterocycles. The second kappa shape index (κ2) is 5.97. The molecule has 0 unspecified atom stereocenters. The highest BCUT2D eigenvalue weighted by molar-refractivity contribution is 7.90. The first-order chi connectivity index (χ1) is 8.73. The van der Waals surface area contributed by atoms with E-state index in [0.29, 0.717) is 0 Å². The third kappa shape index (κ3) is 3.98. The normalized spacial score (nSPS) is 14.3. The Morgan fingerprint density at radius 1 is 1.05 bits per heavy atom. The van der Waals surface area contributed by atoms with E-state index in [1.165, 1.54) is 38.2 Å². The lowest BCUT2D eigenvalue weighted by molar-refractivity contribution is 0.265. The summed E-state index contributed by atoms with van der Waals surface area (Å²) in [7, 11) is -6.09. The number of aliphatic hydroxyl groups excluding tert-OH is 1. The van der Waals surface area contributed by atoms with Crippen LogP contribution in [0.1, 0.15) is 6.92 Å². The Labute approximate surface area is 112 Å². The molecule has 0 radical (unpaired) electrons. The predicted octanol–water partition coefficient (Wildman–Crippen LogP) is -0.746. The number of hydrogen-bond donors (Lipinski definition) is 3. The van der Waals surface area contributed by atoms with E-state index in [4.69, 9.17) is 5.11 Å². The Morgan fingerprint density at radius 2 is 1.47 bits per heavy atom. The molecule has 1 aromatic carbocycles. The van der Waals surface area contributed by atoms with Gasteiger partial charge in [-0.1, -0.05) is 0 Å². The van der Waals surface area contributed by atoms with Crippen molar-refractivity contribution in [1.29, 1.82) is 0 Å². The Morgan fingerprint density at radius 3 is 1.84 bits per heavy atom. The molecule has 19 heavy (non-hydrogen) atoms. The van der Waals surface area contributed by atoms with Crippen LogP contribution in [-0.2, 0) is 20.0 Å². The number of sulfonamides is 2. The minimum atomic E-state index is -3.77. The minimum absolute atomic E-state index is 0.0239. The van der Waals surface area contributed by atoms with Crippen molar-refractivity contribution in [3.8, 4) is 0 Å². The summed E-state index contributed by atoms with van der Waals surface area (Å²) in [5.41, 5.74) is 0. The molecule has 108 valence electrons. The van der Waals surface area contributed by atoms with Crippen molar-refractivity contribution in [2.24, 2.45) is 0 Å². The lowest BCUT2D eigenvalue weighted by Gasteiger charge is -2.11. The molecule has 0 heterocycles. The van der Waals surface area contributed by atoms with Crippen molar-refractivity contribution in [2.75, 3.05) is 13.7 Å². The molecule has 1 aromatic rings. The van der Waals surface area contributed by atoms with Gasteiger partial charge in [-0.2, -0.15) is 0 Å². The average molecular weight is 308 g/mol. The zero-order valence-electron chi connectivity index (χ0n) is 10.5. The van der Waals surface area contributed by atoms with E-state index in [2.05, 4.69) is 9.44 Å². The van der Waals surface area contributed by atoms with E-state index in [9.17, 15) is 16.8 Å². The molecule has 9 heteroatoms. The first kappa shape index (κ1) is 16.1. The van der Waals surface area contributed by atoms with Crippen LogP contribution in [0.3, 0.4) is 0 Å². The van der Waals surface area contributed by atoms with Crippen LogP contribution >= 0.6 is 0 Å². The van der Waals surface area contributed by atoms with Gasteiger partial charge >= 0.3 is 0 Å². The Bertz CT molecular complexity index is 622. The number of hydrogen-bond acceptors (Lipinski definition) is 5. The molecule has 0 aliphatic carbocycles. The molecule has 0 spiro atoms. The van der Waals surface area contributed by atoms with Crippen LogP contribution < -0.4 is 9.44 Å². The smallest absolute Gasteiger partial charge is 0.240 e. The fourth-order valence-corrected chi connectivity index (χ4v) is 3.25. The summed E-state index contributed by atoms with van der Waals surface area (Å²) < 4.78 is 51.0. The van der Waals surface area contributed by atoms with Crippen molar-refractivity contribution in [2.45, 2.75) is 22.8 Å². The second-order valence-electron chi connectivity index (χ2n) is 3.88. The molecule has 0 aliphatic heterocycles. The van der Waals surface area contributed by atoms with Crippen molar-refractivity contribution in [1.82, 2.24) is 9.44 Å². The number of benzene rings is 1. The topological polar surface area (TPSA) is 113 Å². The largest absolute Gasteiger partial charge is 0.395 e. The highest BCUT2D eigenvalue weighted by Crippen LogP contribution is 2.14. The number of rotatable bonds is 6. The van der Waals surface area contributed by atoms with Gasteiger partial charge in [0.2, 0.25) is 20.0 Å². The van der Waals surface area contributed by atoms with Crippen LogP contribution in [0.5, 0.6) is 0 Å². The van der Waals surface area contributed by atoms with Gasteiger partial charge in [-0.25, -0.2) is 26.3 Å². The van der Waals surface area contributed by atoms with Gasteiger partial charge in [0, 0.05) is 6.04 Å². The van der Waals surface area contributed by atoms with Crippen LogP contribution in [0.15, 0.2) is 34.1 Å². The molecule has 1 atom stereocenters. The van der Waals surface area contributed by atoms with Crippen molar-refractivity contribution < 1.29 is 21.9 Å². The fraction of sp³-hybridized carbons (Fsp3) is 0.400. The average Bonchev–Trinajstić information content (AvgIpc) is 2.38. The molecule has 0 aliphatic rings. The number of aliphatic hydroxyl groups is 1. The van der Waals surface area contributed by atoms with Crippen LogP contribution in [0.2, 0.25) is 0 Å². The molecule has 0 saturated carbocycles. The minimum Gasteiger partial charge on any atom is -0.395 e. The van der Waals surface area contributed by atoms with Crippen LogP contribution in [-0.4, -0.2) is 41.6 Å². The molecule has 1 rings (SSSR count). The van der Waals surface area contributed by atoms with E-state index < -0.39 is 26.1 Å². The van der Waals surface area contributed by atoms with Crippen molar-refractivity contribution in [3.05, 3.63) is 24.3 Å². The molecule has 0 bridgehead atoms. The third-order valence-electron chi connectivity index (χ3n) is 2.34. The van der Waals surface area contributed by atoms with Crippen molar-refractivity contribution >= 4 is 20.0 Å². The van der Waals surface area contributed by atoms with Crippen LogP contribution in [0.4, 0.5) is 0 Å². The van der Waals surface area contributed by atoms with E-state index in [0.717, 1.165) is 0 Å². The van der Waals surface area contributed by atoms with Gasteiger partial charge in [-0.05, 0) is 38.2 Å². The maximum absolute atomic E-state index is 11.8. The quantitative estimate of drug-likeness (QED) is 0.640. The van der Waals surface area contributed by atoms with E-state index >= 15 is 0 Å². The number of nitrogens with one attached hydrogen (secondary N) is 2. The zero-order valence-corrected chi connectivity index (χ0v) is 12.1. The Hall–Kier alpha value is -1.00. The van der Waals surface area contributed by atoms with Gasteiger partial charge in [0.1, 0.15) is 0 Å². The molecular weight excluding hydrogens is 292 g/mol. The van der Waals surface area contributed by atoms with Gasteiger partial charge in [0.05, 0.1) is 16.4 Å². The molecule has 3 N–H and O–H groups in total. The molecule has 0 amide bonds. The predicted molar refractivity (Wildman–Crippen MR) is 69.6 cm³/mol. The third-order valence-corrected chi connectivity index (χ3v) is 5.38. The molecular formula is C10H16N2O5S2. The molecule has 0 aromatic heterocycles. The summed E-state index contributed by atoms with van der Waals surface area (Å²) in [4.78, 5) is -0.0907. The Kier molecular flexibility index (Phi) is 5.04. The molecule has 0 fully saturated rings. The van der Waals surface area contributed by atoms with E-state index in [1.54, 1.807) is 0 Å². The standard InChI is InChI=1S/C10H16N2O5S2/c1-8(7-13)12-19(16,17)10-5-3-9(4-6-10)18(14,15)11-2/h3-6,8,11-13H,7H2,1-2H3/t8-/m1/s1. The zero-order chi connectivity index (χ0) is 14.7. The van der Waals surface area contributed by atoms with Gasteiger partial charge in [0.25, 0.3) is 0 Å². The second-order valence-corrected chi connectivity index (χ2v) is 7.48. The van der Waals surface area contributed by atoms with Crippen molar-refractivity contribution in [3.63, 3.8) is 0 Å². The van der Waals surface area contributed by atoms with Crippen LogP contribution in [0.25, 0.3) is 0 Å². The van der Waals surface area contributed by atoms with Gasteiger partial charge in [0.15, 0.2) is 0 Å². The van der Waals surface area contributed by atoms with E-state index in [1.807, 2.05) is 0 Å². The lowest BCUT2D eigenvalue weighted by atomic mass is 10.4. The van der Waals surface area contributed by atoms with Gasteiger partial charge in [-0.15, -0.1) is 0 Å². The van der Waals surface area contributed by atoms with Crippen LogP contribution in [0, 0.1) is 0 Å². The van der Waals surface area contributed by atoms with Gasteiger partial charge < -0.3 is 5.11 Å². The summed E-state index contributed by atoms with van der Waals surface area (Å²) in [5, 5.41) is 8.81. The maximum atomic E-state index is 11.8. The SMILES string of the molecule is CNS(=O)(=O)c1ccc(S(=O)(=O)N[C@H](C)CO)cc1. The molecule has 7 nitrogen and oxygen atoms in total. The summed E-state index contributed by atoms with van der Waals surface area (Å²) in [5.74, 6) is 0. The summed E-state index contributed by atoms with van der Waals surface area (Å²) in [6, 6.07) is 4.16. The first-order valence-corrected chi connectivity index (χ1v) is 8.36. The first-order valence-electron chi connectivity index (χ1n) is 5.40. The maximum Gasteiger partial charge on any atom is 0.240 e. The van der Waals surface area contributed by atoms with Gasteiger partial charge in [-0.3, -0.25) is 0 Å². The monoisotopic (exact) mass is 308 g/mol. The summed E-state index contributed by atoms with van der Waals surface area (Å²) >= 11 is 0. The lowest BCUT2D eigenvalue weighted by Crippen LogP contribution is -2.35. The Balaban J connectivity index is 3.06. The van der Waals surface area contributed by atoms with E-state index in [-0.39, 0.29) is 16.4 Å². The fourth-order valence-electron chi connectivity index (χ4n) is 1.29. The highest BCUT2D eigenvalue weighted by Gasteiger charge is 2.18.